The fraction of sp³-hybridized carbons (Fsp3) is 0.0870. The van der Waals surface area contributed by atoms with Crippen LogP contribution in [-0.2, 0) is 4.79 Å². The molecule has 0 aliphatic carbocycles. The molecule has 8 nitrogen and oxygen atoms in total. The summed E-state index contributed by atoms with van der Waals surface area (Å²) in [6, 6.07) is 21.8. The number of nitro benzene ring substituents is 1. The van der Waals surface area contributed by atoms with Crippen molar-refractivity contribution in [1.29, 1.82) is 0 Å². The van der Waals surface area contributed by atoms with E-state index in [1.807, 2.05) is 25.1 Å². The van der Waals surface area contributed by atoms with E-state index in [9.17, 15) is 19.7 Å². The van der Waals surface area contributed by atoms with E-state index in [-0.39, 0.29) is 18.1 Å². The zero-order chi connectivity index (χ0) is 22.2. The third kappa shape index (κ3) is 5.60. The van der Waals surface area contributed by atoms with E-state index < -0.39 is 10.8 Å². The number of nitrogens with one attached hydrogen (secondary N) is 1. The van der Waals surface area contributed by atoms with Crippen molar-refractivity contribution in [2.24, 2.45) is 5.10 Å². The zero-order valence-electron chi connectivity index (χ0n) is 16.8. The van der Waals surface area contributed by atoms with Crippen LogP contribution in [0.1, 0.15) is 21.5 Å². The van der Waals surface area contributed by atoms with E-state index in [2.05, 4.69) is 10.5 Å². The van der Waals surface area contributed by atoms with Crippen molar-refractivity contribution in [3.8, 4) is 0 Å². The molecule has 31 heavy (non-hydrogen) atoms. The molecule has 0 fully saturated rings. The second-order valence-electron chi connectivity index (χ2n) is 6.69. The van der Waals surface area contributed by atoms with E-state index >= 15 is 0 Å². The number of anilines is 1. The number of non-ortho nitro benzene ring substituents is 1. The number of nitro groups is 1. The molecule has 0 saturated heterocycles. The number of benzene rings is 3. The molecular weight excluding hydrogens is 396 g/mol. The van der Waals surface area contributed by atoms with Gasteiger partial charge in [-0.05, 0) is 48.4 Å². The van der Waals surface area contributed by atoms with Crippen LogP contribution in [0.25, 0.3) is 0 Å². The van der Waals surface area contributed by atoms with Gasteiger partial charge in [-0.2, -0.15) is 5.10 Å². The SMILES string of the molecule is Cc1ccccc1N(CC(=O)N/N=C/c1ccc([N+](=O)[O-])cc1)C(=O)c1ccccc1. The molecule has 0 unspecified atom stereocenters. The van der Waals surface area contributed by atoms with Crippen LogP contribution in [0.2, 0.25) is 0 Å². The summed E-state index contributed by atoms with van der Waals surface area (Å²) in [6.45, 7) is 1.64. The minimum atomic E-state index is -0.493. The first-order chi connectivity index (χ1) is 15.0. The summed E-state index contributed by atoms with van der Waals surface area (Å²) in [4.78, 5) is 37.2. The molecule has 8 heteroatoms. The minimum absolute atomic E-state index is 0.0329. The van der Waals surface area contributed by atoms with Gasteiger partial charge in [-0.1, -0.05) is 36.4 Å². The molecule has 0 spiro atoms. The summed E-state index contributed by atoms with van der Waals surface area (Å²) in [7, 11) is 0. The number of carbonyl (C=O) groups excluding carboxylic acids is 2. The van der Waals surface area contributed by atoms with E-state index in [0.717, 1.165) is 5.56 Å². The highest BCUT2D eigenvalue weighted by molar-refractivity contribution is 6.09. The van der Waals surface area contributed by atoms with Gasteiger partial charge in [-0.15, -0.1) is 0 Å². The monoisotopic (exact) mass is 416 g/mol. The van der Waals surface area contributed by atoms with Crippen molar-refractivity contribution in [3.63, 3.8) is 0 Å². The Labute approximate surface area is 179 Å². The number of aryl methyl sites for hydroxylation is 1. The molecule has 3 aromatic carbocycles. The fourth-order valence-corrected chi connectivity index (χ4v) is 2.91. The lowest BCUT2D eigenvalue weighted by molar-refractivity contribution is -0.384. The van der Waals surface area contributed by atoms with E-state index in [4.69, 9.17) is 0 Å². The molecular formula is C23H20N4O4. The Morgan fingerprint density at radius 3 is 2.29 bits per heavy atom. The standard InChI is InChI=1S/C23H20N4O4/c1-17-7-5-6-10-21(17)26(23(29)19-8-3-2-4-9-19)16-22(28)25-24-15-18-11-13-20(14-12-18)27(30)31/h2-15H,16H2,1H3,(H,25,28)/b24-15+. The zero-order valence-corrected chi connectivity index (χ0v) is 16.8. The third-order valence-electron chi connectivity index (χ3n) is 4.48. The highest BCUT2D eigenvalue weighted by Gasteiger charge is 2.21. The van der Waals surface area contributed by atoms with Gasteiger partial charge in [0.15, 0.2) is 0 Å². The average molecular weight is 416 g/mol. The van der Waals surface area contributed by atoms with Crippen LogP contribution in [0, 0.1) is 17.0 Å². The van der Waals surface area contributed by atoms with Gasteiger partial charge in [0.05, 0.1) is 11.1 Å². The third-order valence-corrected chi connectivity index (χ3v) is 4.48. The molecule has 0 aliphatic rings. The van der Waals surface area contributed by atoms with Gasteiger partial charge in [-0.3, -0.25) is 24.6 Å². The fourth-order valence-electron chi connectivity index (χ4n) is 2.91. The van der Waals surface area contributed by atoms with E-state index in [1.54, 1.807) is 36.4 Å². The summed E-state index contributed by atoms with van der Waals surface area (Å²) in [5.74, 6) is -0.782. The Hall–Kier alpha value is -4.33. The van der Waals surface area contributed by atoms with Gasteiger partial charge in [0.2, 0.25) is 0 Å². The summed E-state index contributed by atoms with van der Waals surface area (Å²) in [6.07, 6.45) is 1.37. The van der Waals surface area contributed by atoms with Crippen molar-refractivity contribution in [2.75, 3.05) is 11.4 Å². The molecule has 3 aromatic rings. The van der Waals surface area contributed by atoms with Crippen LogP contribution in [0.3, 0.4) is 0 Å². The molecule has 2 amide bonds. The number of para-hydroxylation sites is 1. The molecule has 0 atom stereocenters. The molecule has 0 radical (unpaired) electrons. The number of hydrazone groups is 1. The molecule has 3 rings (SSSR count). The van der Waals surface area contributed by atoms with Gasteiger partial charge in [0, 0.05) is 23.4 Å². The van der Waals surface area contributed by atoms with Gasteiger partial charge >= 0.3 is 0 Å². The topological polar surface area (TPSA) is 105 Å². The number of nitrogens with zero attached hydrogens (tertiary/aromatic N) is 3. The molecule has 1 N–H and O–H groups in total. The number of hydrogen-bond donors (Lipinski definition) is 1. The van der Waals surface area contributed by atoms with Gasteiger partial charge in [-0.25, -0.2) is 5.43 Å². The largest absolute Gasteiger partial charge is 0.299 e. The van der Waals surface area contributed by atoms with Gasteiger partial charge in [0.1, 0.15) is 6.54 Å². The maximum absolute atomic E-state index is 13.1. The average Bonchev–Trinajstić information content (AvgIpc) is 2.78. The lowest BCUT2D eigenvalue weighted by Crippen LogP contribution is -2.40. The first-order valence-electron chi connectivity index (χ1n) is 9.44. The smallest absolute Gasteiger partial charge is 0.269 e. The van der Waals surface area contributed by atoms with Crippen LogP contribution in [-0.4, -0.2) is 29.5 Å². The highest BCUT2D eigenvalue weighted by atomic mass is 16.6. The van der Waals surface area contributed by atoms with Crippen LogP contribution >= 0.6 is 0 Å². The van der Waals surface area contributed by atoms with Crippen LogP contribution in [0.5, 0.6) is 0 Å². The molecule has 0 heterocycles. The number of hydrogen-bond acceptors (Lipinski definition) is 5. The minimum Gasteiger partial charge on any atom is -0.299 e. The Kier molecular flexibility index (Phi) is 6.85. The first kappa shape index (κ1) is 21.4. The molecule has 156 valence electrons. The van der Waals surface area contributed by atoms with Crippen molar-refractivity contribution < 1.29 is 14.5 Å². The summed E-state index contributed by atoms with van der Waals surface area (Å²) in [5, 5.41) is 14.6. The lowest BCUT2D eigenvalue weighted by atomic mass is 10.1. The van der Waals surface area contributed by atoms with Crippen molar-refractivity contribution >= 4 is 29.4 Å². The molecule has 0 aromatic heterocycles. The summed E-state index contributed by atoms with van der Waals surface area (Å²) >= 11 is 0. The maximum atomic E-state index is 13.1. The number of rotatable bonds is 7. The lowest BCUT2D eigenvalue weighted by Gasteiger charge is -2.23. The normalized spacial score (nSPS) is 10.6. The van der Waals surface area contributed by atoms with E-state index in [0.29, 0.717) is 16.8 Å². The Balaban J connectivity index is 1.73. The molecule has 0 saturated carbocycles. The quantitative estimate of drug-likeness (QED) is 0.360. The Morgan fingerprint density at radius 2 is 1.65 bits per heavy atom. The van der Waals surface area contributed by atoms with Crippen LogP contribution in [0.15, 0.2) is 84.0 Å². The van der Waals surface area contributed by atoms with E-state index in [1.165, 1.54) is 35.4 Å². The van der Waals surface area contributed by atoms with Crippen molar-refractivity contribution in [3.05, 3.63) is 106 Å². The highest BCUT2D eigenvalue weighted by Crippen LogP contribution is 2.21. The second-order valence-corrected chi connectivity index (χ2v) is 6.69. The summed E-state index contributed by atoms with van der Waals surface area (Å²) < 4.78 is 0. The number of amides is 2. The van der Waals surface area contributed by atoms with Gasteiger partial charge in [0.25, 0.3) is 17.5 Å². The molecule has 0 bridgehead atoms. The van der Waals surface area contributed by atoms with Crippen LogP contribution in [0.4, 0.5) is 11.4 Å². The maximum Gasteiger partial charge on any atom is 0.269 e. The predicted molar refractivity (Wildman–Crippen MR) is 118 cm³/mol. The predicted octanol–water partition coefficient (Wildman–Crippen LogP) is 3.70. The van der Waals surface area contributed by atoms with Gasteiger partial charge < -0.3 is 0 Å². The van der Waals surface area contributed by atoms with Crippen molar-refractivity contribution in [1.82, 2.24) is 5.43 Å². The number of carbonyl (C=O) groups is 2. The Morgan fingerprint density at radius 1 is 1.00 bits per heavy atom. The Bertz CT molecular complexity index is 1110. The van der Waals surface area contributed by atoms with Crippen LogP contribution < -0.4 is 10.3 Å². The second kappa shape index (κ2) is 9.93. The first-order valence-corrected chi connectivity index (χ1v) is 9.44. The molecule has 0 aliphatic heterocycles. The van der Waals surface area contributed by atoms with Crippen molar-refractivity contribution in [2.45, 2.75) is 6.92 Å². The summed E-state index contributed by atoms with van der Waals surface area (Å²) in [5.41, 5.74) is 4.90.